The van der Waals surface area contributed by atoms with Gasteiger partial charge >= 0.3 is 0 Å². The molecular weight excluding hydrogens is 377 g/mol. The van der Waals surface area contributed by atoms with Crippen LogP contribution >= 0.6 is 35.0 Å². The van der Waals surface area contributed by atoms with Gasteiger partial charge < -0.3 is 5.32 Å². The van der Waals surface area contributed by atoms with Crippen molar-refractivity contribution in [2.24, 2.45) is 0 Å². The summed E-state index contributed by atoms with van der Waals surface area (Å²) in [7, 11) is 0. The zero-order valence-corrected chi connectivity index (χ0v) is 16.6. The Morgan fingerprint density at radius 1 is 1.32 bits per heavy atom. The van der Waals surface area contributed by atoms with Crippen LogP contribution in [0, 0.1) is 6.92 Å². The number of nitrogens with zero attached hydrogens (tertiary/aromatic N) is 2. The van der Waals surface area contributed by atoms with Crippen LogP contribution in [0.1, 0.15) is 59.2 Å². The topological polar surface area (TPSA) is 54.9 Å². The molecule has 1 aliphatic carbocycles. The summed E-state index contributed by atoms with van der Waals surface area (Å²) < 4.78 is 0. The van der Waals surface area contributed by atoms with Crippen molar-refractivity contribution < 1.29 is 4.79 Å². The number of aryl methyl sites for hydroxylation is 1. The number of hydrogen-bond acceptors (Lipinski definition) is 4. The summed E-state index contributed by atoms with van der Waals surface area (Å²) in [5.41, 5.74) is 2.07. The van der Waals surface area contributed by atoms with Crippen LogP contribution in [0.25, 0.3) is 0 Å². The second-order valence-corrected chi connectivity index (χ2v) is 7.83. The first kappa shape index (κ1) is 18.5. The molecule has 0 bridgehead atoms. The predicted molar refractivity (Wildman–Crippen MR) is 103 cm³/mol. The van der Waals surface area contributed by atoms with Gasteiger partial charge in [-0.15, -0.1) is 11.8 Å². The maximum Gasteiger partial charge on any atom is 0.256 e. The lowest BCUT2D eigenvalue weighted by atomic mass is 10.1. The van der Waals surface area contributed by atoms with Crippen molar-refractivity contribution in [2.75, 3.05) is 6.26 Å². The van der Waals surface area contributed by atoms with E-state index in [0.717, 1.165) is 29.3 Å². The maximum absolute atomic E-state index is 12.8. The number of carbonyl (C=O) groups is 1. The predicted octanol–water partition coefficient (Wildman–Crippen LogP) is 5.18. The quantitative estimate of drug-likeness (QED) is 0.559. The van der Waals surface area contributed by atoms with Crippen LogP contribution in [0.4, 0.5) is 0 Å². The van der Waals surface area contributed by atoms with Gasteiger partial charge in [0.25, 0.3) is 5.91 Å². The highest BCUT2D eigenvalue weighted by molar-refractivity contribution is 7.98. The molecule has 0 radical (unpaired) electrons. The smallest absolute Gasteiger partial charge is 0.256 e. The highest BCUT2D eigenvalue weighted by atomic mass is 35.5. The van der Waals surface area contributed by atoms with Crippen LogP contribution in [0.3, 0.4) is 0 Å². The first-order chi connectivity index (χ1) is 11.9. The summed E-state index contributed by atoms with van der Waals surface area (Å²) in [4.78, 5) is 22.0. The van der Waals surface area contributed by atoms with E-state index in [9.17, 15) is 4.79 Å². The third-order valence-corrected chi connectivity index (χ3v) is 5.46. The third-order valence-electron chi connectivity index (χ3n) is 4.21. The van der Waals surface area contributed by atoms with E-state index in [1.54, 1.807) is 12.1 Å². The minimum Gasteiger partial charge on any atom is -0.345 e. The summed E-state index contributed by atoms with van der Waals surface area (Å²) in [6.07, 6.45) is 4.19. The number of aromatic nitrogens is 2. The zero-order chi connectivity index (χ0) is 18.1. The second kappa shape index (κ2) is 7.52. The summed E-state index contributed by atoms with van der Waals surface area (Å²) in [6.45, 7) is 3.75. The lowest BCUT2D eigenvalue weighted by Crippen LogP contribution is -2.28. The molecule has 1 aromatic heterocycles. The summed E-state index contributed by atoms with van der Waals surface area (Å²) >= 11 is 13.6. The van der Waals surface area contributed by atoms with E-state index in [4.69, 9.17) is 23.2 Å². The molecule has 1 aliphatic rings. The largest absolute Gasteiger partial charge is 0.345 e. The molecule has 1 amide bonds. The van der Waals surface area contributed by atoms with Gasteiger partial charge in [0, 0.05) is 16.0 Å². The fraction of sp³-hybridized carbons (Fsp3) is 0.389. The molecule has 1 heterocycles. The molecule has 0 aliphatic heterocycles. The van der Waals surface area contributed by atoms with Crippen LogP contribution in [-0.4, -0.2) is 22.1 Å². The van der Waals surface area contributed by atoms with Crippen molar-refractivity contribution in [2.45, 2.75) is 43.7 Å². The van der Waals surface area contributed by atoms with Gasteiger partial charge in [-0.2, -0.15) is 0 Å². The molecule has 4 nitrogen and oxygen atoms in total. The molecule has 132 valence electrons. The van der Waals surface area contributed by atoms with E-state index in [1.807, 2.05) is 26.2 Å². The van der Waals surface area contributed by atoms with Crippen molar-refractivity contribution >= 4 is 40.9 Å². The second-order valence-electron chi connectivity index (χ2n) is 6.19. The number of benzene rings is 1. The highest BCUT2D eigenvalue weighted by Crippen LogP contribution is 2.39. The number of nitrogens with one attached hydrogen (secondary N) is 1. The van der Waals surface area contributed by atoms with Crippen LogP contribution in [0.15, 0.2) is 23.2 Å². The molecule has 1 atom stereocenters. The van der Waals surface area contributed by atoms with Gasteiger partial charge in [-0.25, -0.2) is 9.97 Å². The average molecular weight is 396 g/mol. The molecule has 1 saturated carbocycles. The van der Waals surface area contributed by atoms with E-state index >= 15 is 0 Å². The van der Waals surface area contributed by atoms with Crippen LogP contribution in [-0.2, 0) is 0 Å². The molecule has 7 heteroatoms. The monoisotopic (exact) mass is 395 g/mol. The van der Waals surface area contributed by atoms with Gasteiger partial charge in [-0.1, -0.05) is 29.3 Å². The van der Waals surface area contributed by atoms with Gasteiger partial charge in [-0.05, 0) is 50.6 Å². The fourth-order valence-electron chi connectivity index (χ4n) is 2.70. The molecule has 1 N–H and O–H groups in total. The normalized spacial score (nSPS) is 15.1. The van der Waals surface area contributed by atoms with Gasteiger partial charge in [0.15, 0.2) is 0 Å². The molecule has 0 spiro atoms. The Morgan fingerprint density at radius 2 is 2.04 bits per heavy atom. The number of thioether (sulfide) groups is 1. The van der Waals surface area contributed by atoms with Gasteiger partial charge in [0.1, 0.15) is 10.9 Å². The molecule has 3 rings (SSSR count). The summed E-state index contributed by atoms with van der Waals surface area (Å²) in [5.74, 6) is 1.11. The number of carbonyl (C=O) groups excluding carboxylic acids is 1. The van der Waals surface area contributed by atoms with Crippen LogP contribution in [0.2, 0.25) is 10.0 Å². The molecule has 1 aromatic carbocycles. The van der Waals surface area contributed by atoms with E-state index in [-0.39, 0.29) is 11.9 Å². The SMILES string of the molecule is CSc1nc(C2CC2)nc(C)c1C(=O)N[C@@H](C)c1ccc(Cl)cc1Cl. The van der Waals surface area contributed by atoms with Crippen molar-refractivity contribution in [3.8, 4) is 0 Å². The zero-order valence-electron chi connectivity index (χ0n) is 14.3. The van der Waals surface area contributed by atoms with Crippen molar-refractivity contribution in [1.82, 2.24) is 15.3 Å². The Bertz CT molecular complexity index is 824. The van der Waals surface area contributed by atoms with Crippen molar-refractivity contribution in [3.63, 3.8) is 0 Å². The molecular formula is C18H19Cl2N3OS. The Balaban J connectivity index is 1.85. The van der Waals surface area contributed by atoms with Crippen molar-refractivity contribution in [1.29, 1.82) is 0 Å². The van der Waals surface area contributed by atoms with Crippen molar-refractivity contribution in [3.05, 3.63) is 50.9 Å². The van der Waals surface area contributed by atoms with E-state index in [0.29, 0.717) is 27.2 Å². The van der Waals surface area contributed by atoms with Crippen LogP contribution < -0.4 is 5.32 Å². The van der Waals surface area contributed by atoms with E-state index in [1.165, 1.54) is 11.8 Å². The molecule has 25 heavy (non-hydrogen) atoms. The number of rotatable bonds is 5. The van der Waals surface area contributed by atoms with Gasteiger partial charge in [0.05, 0.1) is 17.3 Å². The minimum atomic E-state index is -0.255. The summed E-state index contributed by atoms with van der Waals surface area (Å²) in [5, 5.41) is 4.81. The van der Waals surface area contributed by atoms with E-state index < -0.39 is 0 Å². The Kier molecular flexibility index (Phi) is 5.56. The lowest BCUT2D eigenvalue weighted by molar-refractivity contribution is 0.0935. The number of halogens is 2. The van der Waals surface area contributed by atoms with E-state index in [2.05, 4.69) is 15.3 Å². The highest BCUT2D eigenvalue weighted by Gasteiger charge is 2.29. The molecule has 0 unspecified atom stereocenters. The standard InChI is InChI=1S/C18H19Cl2N3OS/c1-9(13-7-6-12(19)8-14(13)20)22-17(24)15-10(2)21-16(11-4-5-11)23-18(15)25-3/h6-9,11H,4-5H2,1-3H3,(H,22,24)/t9-/m0/s1. The number of hydrogen-bond donors (Lipinski definition) is 1. The Labute approximate surface area is 161 Å². The van der Waals surface area contributed by atoms with Crippen LogP contribution in [0.5, 0.6) is 0 Å². The molecule has 0 saturated heterocycles. The minimum absolute atomic E-state index is 0.192. The fourth-order valence-corrected chi connectivity index (χ4v) is 3.90. The molecule has 2 aromatic rings. The average Bonchev–Trinajstić information content (AvgIpc) is 3.38. The Morgan fingerprint density at radius 3 is 2.64 bits per heavy atom. The third kappa shape index (κ3) is 4.10. The Hall–Kier alpha value is -1.30. The lowest BCUT2D eigenvalue weighted by Gasteiger charge is -2.18. The molecule has 1 fully saturated rings. The van der Waals surface area contributed by atoms with Gasteiger partial charge in [0.2, 0.25) is 0 Å². The van der Waals surface area contributed by atoms with Gasteiger partial charge in [-0.3, -0.25) is 4.79 Å². The number of amides is 1. The first-order valence-electron chi connectivity index (χ1n) is 8.09. The maximum atomic E-state index is 12.8. The summed E-state index contributed by atoms with van der Waals surface area (Å²) in [6, 6.07) is 5.00. The first-order valence-corrected chi connectivity index (χ1v) is 10.1.